The van der Waals surface area contributed by atoms with Crippen LogP contribution in [0.2, 0.25) is 0 Å². The quantitative estimate of drug-likeness (QED) is 0.582. The largest absolute Gasteiger partial charge is 0.508 e. The molecule has 8 nitrogen and oxygen atoms in total. The molecule has 184 valence electrons. The molecule has 2 aromatic carbocycles. The highest BCUT2D eigenvalue weighted by Crippen LogP contribution is 2.28. The number of rotatable bonds is 6. The maximum Gasteiger partial charge on any atom is 0.408 e. The number of aromatic hydroxyl groups is 1. The van der Waals surface area contributed by atoms with Crippen LogP contribution in [0.3, 0.4) is 0 Å². The van der Waals surface area contributed by atoms with Crippen LogP contribution in [0.1, 0.15) is 56.0 Å². The summed E-state index contributed by atoms with van der Waals surface area (Å²) < 4.78 is 5.24. The van der Waals surface area contributed by atoms with Crippen molar-refractivity contribution in [3.8, 4) is 5.75 Å². The molecule has 0 aliphatic rings. The van der Waals surface area contributed by atoms with Crippen LogP contribution in [0.25, 0.3) is 0 Å². The van der Waals surface area contributed by atoms with Gasteiger partial charge in [0, 0.05) is 12.7 Å². The minimum absolute atomic E-state index is 0.0894. The first kappa shape index (κ1) is 26.7. The van der Waals surface area contributed by atoms with Gasteiger partial charge in [0.1, 0.15) is 23.4 Å². The lowest BCUT2D eigenvalue weighted by molar-refractivity contribution is -0.138. The lowest BCUT2D eigenvalue weighted by Gasteiger charge is -2.31. The molecule has 0 saturated carbocycles. The SMILES string of the molecule is Cc1cc(C(C(=O)Nc2c(C)cccc2C)N(C)C(=O)C(C)NC(=O)OC(C)(C)C)ccc1O. The number of anilines is 1. The van der Waals surface area contributed by atoms with Crippen LogP contribution in [0, 0.1) is 20.8 Å². The molecule has 3 N–H and O–H groups in total. The highest BCUT2D eigenvalue weighted by Gasteiger charge is 2.33. The van der Waals surface area contributed by atoms with Crippen LogP contribution >= 0.6 is 0 Å². The number of alkyl carbamates (subject to hydrolysis) is 1. The summed E-state index contributed by atoms with van der Waals surface area (Å²) >= 11 is 0. The first-order chi connectivity index (χ1) is 15.7. The van der Waals surface area contributed by atoms with E-state index in [0.29, 0.717) is 16.8 Å². The Morgan fingerprint density at radius 3 is 2.12 bits per heavy atom. The summed E-state index contributed by atoms with van der Waals surface area (Å²) in [6.45, 7) is 12.2. The lowest BCUT2D eigenvalue weighted by Crippen LogP contribution is -2.49. The number of benzene rings is 2. The van der Waals surface area contributed by atoms with Gasteiger partial charge in [-0.1, -0.05) is 24.3 Å². The predicted molar refractivity (Wildman–Crippen MR) is 132 cm³/mol. The maximum atomic E-state index is 13.5. The molecular weight excluding hydrogens is 434 g/mol. The van der Waals surface area contributed by atoms with Gasteiger partial charge in [0.2, 0.25) is 5.91 Å². The van der Waals surface area contributed by atoms with E-state index in [4.69, 9.17) is 4.74 Å². The third kappa shape index (κ3) is 6.73. The third-order valence-electron chi connectivity index (χ3n) is 5.35. The van der Waals surface area contributed by atoms with E-state index in [1.54, 1.807) is 39.8 Å². The van der Waals surface area contributed by atoms with E-state index in [1.807, 2.05) is 32.0 Å². The maximum absolute atomic E-state index is 13.5. The van der Waals surface area contributed by atoms with Crippen LogP contribution in [-0.4, -0.2) is 46.6 Å². The first-order valence-corrected chi connectivity index (χ1v) is 11.1. The zero-order valence-corrected chi connectivity index (χ0v) is 21.1. The molecule has 8 heteroatoms. The van der Waals surface area contributed by atoms with Crippen molar-refractivity contribution in [3.63, 3.8) is 0 Å². The van der Waals surface area contributed by atoms with Gasteiger partial charge in [-0.15, -0.1) is 0 Å². The Bertz CT molecular complexity index is 1050. The van der Waals surface area contributed by atoms with Gasteiger partial charge in [-0.25, -0.2) is 4.79 Å². The number of aryl methyl sites for hydroxylation is 3. The molecule has 0 bridgehead atoms. The molecule has 0 fully saturated rings. The van der Waals surface area contributed by atoms with Gasteiger partial charge in [-0.3, -0.25) is 9.59 Å². The molecule has 0 aliphatic carbocycles. The number of likely N-dealkylation sites (N-methyl/N-ethyl adjacent to an activating group) is 1. The average Bonchev–Trinajstić information content (AvgIpc) is 2.71. The van der Waals surface area contributed by atoms with Crippen molar-refractivity contribution >= 4 is 23.6 Å². The van der Waals surface area contributed by atoms with Crippen LogP contribution in [0.15, 0.2) is 36.4 Å². The normalized spacial score (nSPS) is 12.9. The fourth-order valence-electron chi connectivity index (χ4n) is 3.58. The number of para-hydroxylation sites is 1. The van der Waals surface area contributed by atoms with Crippen molar-refractivity contribution < 1.29 is 24.2 Å². The summed E-state index contributed by atoms with van der Waals surface area (Å²) in [5, 5.41) is 15.4. The second kappa shape index (κ2) is 10.6. The van der Waals surface area contributed by atoms with Gasteiger partial charge in [-0.05, 0) is 82.9 Å². The highest BCUT2D eigenvalue weighted by atomic mass is 16.6. The van der Waals surface area contributed by atoms with E-state index in [2.05, 4.69) is 10.6 Å². The first-order valence-electron chi connectivity index (χ1n) is 11.1. The summed E-state index contributed by atoms with van der Waals surface area (Å²) in [4.78, 5) is 40.2. The van der Waals surface area contributed by atoms with Crippen molar-refractivity contribution in [2.45, 2.75) is 66.2 Å². The smallest absolute Gasteiger partial charge is 0.408 e. The number of hydrogen-bond donors (Lipinski definition) is 3. The summed E-state index contributed by atoms with van der Waals surface area (Å²) in [5.41, 5.74) is 2.85. The van der Waals surface area contributed by atoms with Gasteiger partial charge in [-0.2, -0.15) is 0 Å². The Kier molecular flexibility index (Phi) is 8.31. The second-order valence-electron chi connectivity index (χ2n) is 9.52. The molecule has 2 rings (SSSR count). The zero-order chi connectivity index (χ0) is 25.8. The molecular formula is C26H35N3O5. The molecule has 0 aliphatic heterocycles. The number of carbonyl (C=O) groups is 3. The van der Waals surface area contributed by atoms with E-state index in [9.17, 15) is 19.5 Å². The zero-order valence-electron chi connectivity index (χ0n) is 21.1. The lowest BCUT2D eigenvalue weighted by atomic mass is 10.0. The second-order valence-corrected chi connectivity index (χ2v) is 9.52. The minimum atomic E-state index is -1.01. The fourth-order valence-corrected chi connectivity index (χ4v) is 3.58. The predicted octanol–water partition coefficient (Wildman–Crippen LogP) is 4.37. The van der Waals surface area contributed by atoms with Gasteiger partial charge >= 0.3 is 6.09 Å². The molecule has 0 radical (unpaired) electrons. The van der Waals surface area contributed by atoms with Gasteiger partial charge < -0.3 is 25.4 Å². The van der Waals surface area contributed by atoms with Crippen LogP contribution in [-0.2, 0) is 14.3 Å². The van der Waals surface area contributed by atoms with Gasteiger partial charge in [0.15, 0.2) is 0 Å². The summed E-state index contributed by atoms with van der Waals surface area (Å²) in [7, 11) is 1.51. The highest BCUT2D eigenvalue weighted by molar-refractivity contribution is 5.99. The fraction of sp³-hybridized carbons (Fsp3) is 0.423. The number of hydrogen-bond acceptors (Lipinski definition) is 5. The molecule has 2 atom stereocenters. The van der Waals surface area contributed by atoms with Crippen molar-refractivity contribution in [2.24, 2.45) is 0 Å². The summed E-state index contributed by atoms with van der Waals surface area (Å²) in [6, 6.07) is 8.51. The Morgan fingerprint density at radius 2 is 1.59 bits per heavy atom. The Balaban J connectivity index is 2.36. The van der Waals surface area contributed by atoms with Crippen LogP contribution in [0.4, 0.5) is 10.5 Å². The molecule has 0 saturated heterocycles. The molecule has 3 amide bonds. The minimum Gasteiger partial charge on any atom is -0.508 e. The van der Waals surface area contributed by atoms with Crippen molar-refractivity contribution in [1.82, 2.24) is 10.2 Å². The van der Waals surface area contributed by atoms with Crippen molar-refractivity contribution in [1.29, 1.82) is 0 Å². The van der Waals surface area contributed by atoms with Gasteiger partial charge in [0.25, 0.3) is 5.91 Å². The average molecular weight is 470 g/mol. The molecule has 2 unspecified atom stereocenters. The summed E-state index contributed by atoms with van der Waals surface area (Å²) in [6.07, 6.45) is -0.723. The number of ether oxygens (including phenoxy) is 1. The molecule has 34 heavy (non-hydrogen) atoms. The van der Waals surface area contributed by atoms with Crippen LogP contribution in [0.5, 0.6) is 5.75 Å². The number of carbonyl (C=O) groups excluding carboxylic acids is 3. The number of phenolic OH excluding ortho intramolecular Hbond substituents is 1. The van der Waals surface area contributed by atoms with E-state index in [-0.39, 0.29) is 5.75 Å². The monoisotopic (exact) mass is 469 g/mol. The molecule has 0 spiro atoms. The van der Waals surface area contributed by atoms with E-state index in [0.717, 1.165) is 11.1 Å². The standard InChI is InChI=1S/C26H35N3O5/c1-15-10-9-11-16(2)21(15)28-23(31)22(19-12-13-20(30)17(3)14-19)29(8)24(32)18(4)27-25(33)34-26(5,6)7/h9-14,18,22,30H,1-8H3,(H,27,33)(H,28,31). The Hall–Kier alpha value is -3.55. The number of nitrogens with zero attached hydrogens (tertiary/aromatic N) is 1. The van der Waals surface area contributed by atoms with Crippen LogP contribution < -0.4 is 10.6 Å². The number of nitrogens with one attached hydrogen (secondary N) is 2. The van der Waals surface area contributed by atoms with Crippen molar-refractivity contribution in [2.75, 3.05) is 12.4 Å². The van der Waals surface area contributed by atoms with E-state index >= 15 is 0 Å². The van der Waals surface area contributed by atoms with Crippen molar-refractivity contribution in [3.05, 3.63) is 58.7 Å². The molecule has 0 heterocycles. The number of phenols is 1. The van der Waals surface area contributed by atoms with Gasteiger partial charge in [0.05, 0.1) is 0 Å². The Labute approximate surface area is 201 Å². The van der Waals surface area contributed by atoms with E-state index < -0.39 is 35.6 Å². The topological polar surface area (TPSA) is 108 Å². The third-order valence-corrected chi connectivity index (χ3v) is 5.35. The Morgan fingerprint density at radius 1 is 1.00 bits per heavy atom. The summed E-state index contributed by atoms with van der Waals surface area (Å²) in [5.74, 6) is -0.798. The molecule has 0 aromatic heterocycles. The number of amides is 3. The molecule has 2 aromatic rings. The van der Waals surface area contributed by atoms with E-state index in [1.165, 1.54) is 24.9 Å².